The van der Waals surface area contributed by atoms with Gasteiger partial charge in [0.15, 0.2) is 0 Å². The van der Waals surface area contributed by atoms with Crippen LogP contribution in [0.3, 0.4) is 0 Å². The fourth-order valence-electron chi connectivity index (χ4n) is 4.07. The molecule has 3 aromatic rings. The summed E-state index contributed by atoms with van der Waals surface area (Å²) in [7, 11) is 0. The number of aromatic nitrogens is 2. The topological polar surface area (TPSA) is 54.9 Å². The number of fused-ring (bicyclic) bond motifs is 1. The lowest BCUT2D eigenvalue weighted by Crippen LogP contribution is -2.25. The summed E-state index contributed by atoms with van der Waals surface area (Å²) in [4.78, 5) is 21.8. The Morgan fingerprint density at radius 3 is 2.81 bits per heavy atom. The van der Waals surface area contributed by atoms with E-state index >= 15 is 0 Å². The average molecular weight is 444 g/mol. The van der Waals surface area contributed by atoms with Crippen molar-refractivity contribution >= 4 is 28.4 Å². The lowest BCUT2D eigenvalue weighted by Gasteiger charge is -2.12. The molecule has 2 aromatic heterocycles. The summed E-state index contributed by atoms with van der Waals surface area (Å²) >= 11 is 6.10. The van der Waals surface area contributed by atoms with Gasteiger partial charge < -0.3 is 5.32 Å². The van der Waals surface area contributed by atoms with Crippen LogP contribution >= 0.6 is 11.6 Å². The maximum atomic E-state index is 12.9. The Morgan fingerprint density at radius 1 is 1.16 bits per heavy atom. The number of nitrogens with one attached hydrogen (secondary N) is 1. The molecule has 0 aliphatic heterocycles. The number of carbonyl (C=O) groups excluding carboxylic acids is 1. The van der Waals surface area contributed by atoms with Crippen molar-refractivity contribution in [1.29, 1.82) is 0 Å². The quantitative estimate of drug-likeness (QED) is 0.535. The second kappa shape index (κ2) is 9.49. The maximum absolute atomic E-state index is 12.9. The number of hydrogen-bond donors (Lipinski definition) is 1. The van der Waals surface area contributed by atoms with Gasteiger partial charge in [-0.2, -0.15) is 0 Å². The Balaban J connectivity index is 1.49. The van der Waals surface area contributed by atoms with Crippen LogP contribution in [0.2, 0.25) is 5.02 Å². The molecule has 1 N–H and O–H groups in total. The maximum Gasteiger partial charge on any atom is 0.251 e. The monoisotopic (exact) mass is 443 g/mol. The summed E-state index contributed by atoms with van der Waals surface area (Å²) in [5.41, 5.74) is 8.01. The van der Waals surface area contributed by atoms with Crippen LogP contribution in [0.1, 0.15) is 34.5 Å². The molecule has 32 heavy (non-hydrogen) atoms. The number of amides is 1. The Labute approximate surface area is 193 Å². The third kappa shape index (κ3) is 5.14. The summed E-state index contributed by atoms with van der Waals surface area (Å²) in [6.45, 7) is 6.49. The molecular weight excluding hydrogens is 418 g/mol. The van der Waals surface area contributed by atoms with E-state index in [9.17, 15) is 4.79 Å². The molecule has 0 atom stereocenters. The number of halogens is 1. The number of carbonyl (C=O) groups is 1. The summed E-state index contributed by atoms with van der Waals surface area (Å²) < 4.78 is 0. The zero-order valence-electron chi connectivity index (χ0n) is 18.6. The first-order chi connectivity index (χ1) is 15.4. The predicted molar refractivity (Wildman–Crippen MR) is 131 cm³/mol. The van der Waals surface area contributed by atoms with Crippen molar-refractivity contribution in [2.45, 2.75) is 40.2 Å². The van der Waals surface area contributed by atoms with Crippen molar-refractivity contribution in [3.05, 3.63) is 105 Å². The van der Waals surface area contributed by atoms with Gasteiger partial charge in [-0.15, -0.1) is 0 Å². The second-order valence-electron chi connectivity index (χ2n) is 8.20. The van der Waals surface area contributed by atoms with Gasteiger partial charge in [-0.1, -0.05) is 35.9 Å². The predicted octanol–water partition coefficient (Wildman–Crippen LogP) is 5.88. The highest BCUT2D eigenvalue weighted by molar-refractivity contribution is 6.31. The Bertz CT molecular complexity index is 1260. The fraction of sp³-hybridized carbons (Fsp3) is 0.222. The third-order valence-corrected chi connectivity index (χ3v) is 5.85. The molecule has 5 heteroatoms. The van der Waals surface area contributed by atoms with Crippen LogP contribution < -0.4 is 5.32 Å². The van der Waals surface area contributed by atoms with Gasteiger partial charge in [-0.3, -0.25) is 14.8 Å². The van der Waals surface area contributed by atoms with Crippen LogP contribution in [0.15, 0.2) is 72.0 Å². The van der Waals surface area contributed by atoms with Gasteiger partial charge in [0.25, 0.3) is 5.91 Å². The standard InChI is InChI=1S/C27H26ClN3O/c1-17-10-18(2)31-19(3)25(17)16-30-27(32)22-7-5-4-6-20(12-22)11-21-8-9-26-23(13-21)14-24(28)15-29-26/h5-10,12-15H,4,11,16H2,1-3H3,(H,30,32). The minimum Gasteiger partial charge on any atom is -0.348 e. The Kier molecular flexibility index (Phi) is 6.52. The molecule has 1 aliphatic carbocycles. The summed E-state index contributed by atoms with van der Waals surface area (Å²) in [5.74, 6) is -0.0806. The van der Waals surface area contributed by atoms with Gasteiger partial charge in [-0.05, 0) is 86.2 Å². The van der Waals surface area contributed by atoms with Gasteiger partial charge >= 0.3 is 0 Å². The molecular formula is C27H26ClN3O. The van der Waals surface area contributed by atoms with Crippen LogP contribution in [0, 0.1) is 20.8 Å². The van der Waals surface area contributed by atoms with Gasteiger partial charge in [0.2, 0.25) is 0 Å². The lowest BCUT2D eigenvalue weighted by molar-refractivity contribution is -0.117. The second-order valence-corrected chi connectivity index (χ2v) is 8.64. The highest BCUT2D eigenvalue weighted by Crippen LogP contribution is 2.22. The van der Waals surface area contributed by atoms with Crippen LogP contribution in [-0.4, -0.2) is 15.9 Å². The summed E-state index contributed by atoms with van der Waals surface area (Å²) in [6, 6.07) is 10.2. The summed E-state index contributed by atoms with van der Waals surface area (Å²) in [6.07, 6.45) is 11.3. The molecule has 1 aliphatic rings. The van der Waals surface area contributed by atoms with E-state index in [0.29, 0.717) is 17.1 Å². The van der Waals surface area contributed by atoms with Crippen LogP contribution in [0.25, 0.3) is 10.9 Å². The van der Waals surface area contributed by atoms with Crippen molar-refractivity contribution < 1.29 is 4.79 Å². The van der Waals surface area contributed by atoms with Crippen molar-refractivity contribution in [1.82, 2.24) is 15.3 Å². The van der Waals surface area contributed by atoms with E-state index in [1.54, 1.807) is 6.20 Å². The van der Waals surface area contributed by atoms with Crippen molar-refractivity contribution in [2.24, 2.45) is 0 Å². The number of aryl methyl sites for hydroxylation is 3. The van der Waals surface area contributed by atoms with Gasteiger partial charge in [0.05, 0.1) is 10.5 Å². The SMILES string of the molecule is Cc1cc(C)c(CNC(=O)C2=CC(Cc3ccc4ncc(Cl)cc4c3)=CCC=C2)c(C)n1. The molecule has 0 fully saturated rings. The Morgan fingerprint density at radius 2 is 2.00 bits per heavy atom. The molecule has 0 saturated heterocycles. The number of rotatable bonds is 5. The van der Waals surface area contributed by atoms with Gasteiger partial charge in [-0.25, -0.2) is 0 Å². The number of benzene rings is 1. The normalized spacial score (nSPS) is 13.5. The van der Waals surface area contributed by atoms with E-state index in [4.69, 9.17) is 11.6 Å². The van der Waals surface area contributed by atoms with Gasteiger partial charge in [0, 0.05) is 35.1 Å². The first kappa shape index (κ1) is 22.0. The molecule has 0 unspecified atom stereocenters. The molecule has 4 nitrogen and oxygen atoms in total. The minimum absolute atomic E-state index is 0.0806. The minimum atomic E-state index is -0.0806. The molecule has 162 valence electrons. The number of hydrogen-bond acceptors (Lipinski definition) is 3. The lowest BCUT2D eigenvalue weighted by atomic mass is 10.0. The molecule has 4 rings (SSSR count). The fourth-order valence-corrected chi connectivity index (χ4v) is 4.24. The zero-order valence-corrected chi connectivity index (χ0v) is 19.3. The van der Waals surface area contributed by atoms with Crippen LogP contribution in [-0.2, 0) is 17.8 Å². The number of pyridine rings is 2. The van der Waals surface area contributed by atoms with Crippen molar-refractivity contribution in [3.63, 3.8) is 0 Å². The highest BCUT2D eigenvalue weighted by atomic mass is 35.5. The van der Waals surface area contributed by atoms with E-state index in [1.165, 1.54) is 0 Å². The summed E-state index contributed by atoms with van der Waals surface area (Å²) in [5, 5.41) is 4.70. The molecule has 2 heterocycles. The third-order valence-electron chi connectivity index (χ3n) is 5.65. The van der Waals surface area contributed by atoms with Crippen LogP contribution in [0.4, 0.5) is 0 Å². The zero-order chi connectivity index (χ0) is 22.7. The largest absolute Gasteiger partial charge is 0.348 e. The number of allylic oxidation sites excluding steroid dienone is 4. The van der Waals surface area contributed by atoms with Crippen molar-refractivity contribution in [3.8, 4) is 0 Å². The first-order valence-electron chi connectivity index (χ1n) is 10.7. The van der Waals surface area contributed by atoms with Crippen LogP contribution in [0.5, 0.6) is 0 Å². The van der Waals surface area contributed by atoms with E-state index in [-0.39, 0.29) is 5.91 Å². The van der Waals surface area contributed by atoms with E-state index in [1.807, 2.05) is 50.3 Å². The molecule has 0 saturated carbocycles. The van der Waals surface area contributed by atoms with E-state index in [0.717, 1.165) is 57.4 Å². The Hall–Kier alpha value is -3.24. The van der Waals surface area contributed by atoms with Gasteiger partial charge in [0.1, 0.15) is 0 Å². The van der Waals surface area contributed by atoms with E-state index < -0.39 is 0 Å². The average Bonchev–Trinajstić information content (AvgIpc) is 2.98. The van der Waals surface area contributed by atoms with Crippen molar-refractivity contribution in [2.75, 3.05) is 0 Å². The highest BCUT2D eigenvalue weighted by Gasteiger charge is 2.12. The molecule has 0 spiro atoms. The first-order valence-corrected chi connectivity index (χ1v) is 11.1. The smallest absolute Gasteiger partial charge is 0.251 e. The molecule has 0 radical (unpaired) electrons. The molecule has 1 aromatic carbocycles. The van der Waals surface area contributed by atoms with E-state index in [2.05, 4.69) is 40.4 Å². The molecule has 0 bridgehead atoms. The molecule has 1 amide bonds. The number of nitrogens with zero attached hydrogens (tertiary/aromatic N) is 2.